The molecule has 1 aliphatic rings. The zero-order chi connectivity index (χ0) is 29.4. The fourth-order valence-electron chi connectivity index (χ4n) is 5.48. The molecule has 0 saturated carbocycles. The number of thiocarbonyl (C=S) groups is 1. The Hall–Kier alpha value is -4.67. The first kappa shape index (κ1) is 27.5. The summed E-state index contributed by atoms with van der Waals surface area (Å²) in [5.41, 5.74) is 6.14. The van der Waals surface area contributed by atoms with Crippen molar-refractivity contribution in [2.24, 2.45) is 0 Å². The molecule has 0 amide bonds. The van der Waals surface area contributed by atoms with Gasteiger partial charge in [0.25, 0.3) is 5.69 Å². The Bertz CT molecular complexity index is 1760. The molecule has 5 aromatic rings. The zero-order valence-electron chi connectivity index (χ0n) is 22.8. The van der Waals surface area contributed by atoms with Gasteiger partial charge in [0, 0.05) is 50.9 Å². The van der Waals surface area contributed by atoms with Crippen molar-refractivity contribution >= 4 is 40.5 Å². The van der Waals surface area contributed by atoms with Crippen LogP contribution in [0.15, 0.2) is 113 Å². The summed E-state index contributed by atoms with van der Waals surface area (Å²) in [5.74, 6) is 0.225. The molecule has 42 heavy (non-hydrogen) atoms. The van der Waals surface area contributed by atoms with E-state index in [2.05, 4.69) is 51.8 Å². The van der Waals surface area contributed by atoms with E-state index in [-0.39, 0.29) is 23.5 Å². The molecular weight excluding hydrogens is 567 g/mol. The molecule has 2 aromatic heterocycles. The topological polar surface area (TPSA) is 96.5 Å². The number of nitrogens with one attached hydrogen (secondary N) is 1. The van der Waals surface area contributed by atoms with Crippen molar-refractivity contribution < 1.29 is 10.0 Å². The smallest absolute Gasteiger partial charge is 0.269 e. The summed E-state index contributed by atoms with van der Waals surface area (Å²) in [6.45, 7) is 4.18. The highest BCUT2D eigenvalue weighted by Crippen LogP contribution is 2.44. The summed E-state index contributed by atoms with van der Waals surface area (Å²) >= 11 is 7.47. The maximum absolute atomic E-state index is 11.0. The number of phenols is 1. The summed E-state index contributed by atoms with van der Waals surface area (Å²) in [7, 11) is 0. The molecule has 0 bridgehead atoms. The Morgan fingerprint density at radius 3 is 2.19 bits per heavy atom. The highest BCUT2D eigenvalue weighted by Gasteiger charge is 2.42. The van der Waals surface area contributed by atoms with Gasteiger partial charge in [-0.3, -0.25) is 15.1 Å². The Morgan fingerprint density at radius 1 is 0.929 bits per heavy atom. The first-order valence-electron chi connectivity index (χ1n) is 13.3. The third-order valence-electron chi connectivity index (χ3n) is 7.39. The van der Waals surface area contributed by atoms with Crippen LogP contribution < -0.4 is 10.2 Å². The van der Waals surface area contributed by atoms with Crippen molar-refractivity contribution in [3.63, 3.8) is 0 Å². The van der Waals surface area contributed by atoms with Crippen LogP contribution in [-0.4, -0.2) is 24.7 Å². The first-order valence-corrected chi connectivity index (χ1v) is 14.5. The molecule has 1 fully saturated rings. The zero-order valence-corrected chi connectivity index (χ0v) is 24.5. The molecule has 3 heterocycles. The summed E-state index contributed by atoms with van der Waals surface area (Å²) in [4.78, 5) is 19.3. The number of pyridine rings is 1. The van der Waals surface area contributed by atoms with Crippen molar-refractivity contribution in [1.82, 2.24) is 14.9 Å². The van der Waals surface area contributed by atoms with Crippen LogP contribution in [0.1, 0.15) is 34.7 Å². The second-order valence-electron chi connectivity index (χ2n) is 10.0. The summed E-state index contributed by atoms with van der Waals surface area (Å²) in [6.07, 6.45) is 1.80. The van der Waals surface area contributed by atoms with Gasteiger partial charge in [0.2, 0.25) is 0 Å². The lowest BCUT2D eigenvalue weighted by molar-refractivity contribution is -0.384. The average Bonchev–Trinajstić information content (AvgIpc) is 3.49. The normalized spacial score (nSPS) is 16.4. The molecule has 2 atom stereocenters. The number of nitrogens with zero attached hydrogens (tertiary/aromatic N) is 4. The van der Waals surface area contributed by atoms with Crippen molar-refractivity contribution in [3.8, 4) is 11.4 Å². The van der Waals surface area contributed by atoms with Crippen LogP contribution in [0.25, 0.3) is 5.69 Å². The van der Waals surface area contributed by atoms with Gasteiger partial charge in [-0.25, -0.2) is 0 Å². The van der Waals surface area contributed by atoms with Crippen LogP contribution in [0.5, 0.6) is 5.75 Å². The number of rotatable bonds is 7. The molecule has 6 rings (SSSR count). The largest absolute Gasteiger partial charge is 0.508 e. The fraction of sp³-hybridized carbons (Fsp3) is 0.125. The van der Waals surface area contributed by atoms with Crippen LogP contribution in [-0.2, 0) is 0 Å². The van der Waals surface area contributed by atoms with Gasteiger partial charge >= 0.3 is 0 Å². The molecule has 210 valence electrons. The van der Waals surface area contributed by atoms with E-state index in [4.69, 9.17) is 12.2 Å². The number of phenolic OH excluding ortho intramolecular Hbond substituents is 1. The number of nitro benzene ring substituents is 1. The van der Waals surface area contributed by atoms with E-state index in [1.54, 1.807) is 42.2 Å². The van der Waals surface area contributed by atoms with E-state index in [1.807, 2.05) is 42.5 Å². The van der Waals surface area contributed by atoms with E-state index in [0.29, 0.717) is 5.11 Å². The van der Waals surface area contributed by atoms with E-state index in [1.165, 1.54) is 12.1 Å². The molecule has 8 nitrogen and oxygen atoms in total. The van der Waals surface area contributed by atoms with Gasteiger partial charge in [-0.2, -0.15) is 0 Å². The highest BCUT2D eigenvalue weighted by molar-refractivity contribution is 7.99. The summed E-state index contributed by atoms with van der Waals surface area (Å²) in [6, 6.07) is 29.7. The number of aromatic hydroxyl groups is 1. The van der Waals surface area contributed by atoms with Gasteiger partial charge in [-0.15, -0.1) is 0 Å². The maximum atomic E-state index is 11.0. The number of hydrogen-bond donors (Lipinski definition) is 2. The third-order valence-corrected chi connectivity index (χ3v) is 8.72. The van der Waals surface area contributed by atoms with E-state index < -0.39 is 4.92 Å². The molecule has 0 unspecified atom stereocenters. The number of aromatic nitrogens is 2. The van der Waals surface area contributed by atoms with Crippen molar-refractivity contribution in [2.45, 2.75) is 35.7 Å². The van der Waals surface area contributed by atoms with Crippen LogP contribution in [0, 0.1) is 24.0 Å². The van der Waals surface area contributed by atoms with E-state index in [9.17, 15) is 15.2 Å². The fourth-order valence-corrected chi connectivity index (χ4v) is 6.64. The minimum atomic E-state index is -0.396. The molecule has 3 aromatic carbocycles. The number of anilines is 1. The molecule has 10 heteroatoms. The predicted molar refractivity (Wildman–Crippen MR) is 169 cm³/mol. The van der Waals surface area contributed by atoms with Gasteiger partial charge in [0.15, 0.2) is 5.11 Å². The van der Waals surface area contributed by atoms with Crippen molar-refractivity contribution in [1.29, 1.82) is 0 Å². The molecule has 0 aliphatic carbocycles. The van der Waals surface area contributed by atoms with E-state index >= 15 is 0 Å². The van der Waals surface area contributed by atoms with Crippen LogP contribution in [0.3, 0.4) is 0 Å². The van der Waals surface area contributed by atoms with Crippen molar-refractivity contribution in [2.75, 3.05) is 4.90 Å². The maximum Gasteiger partial charge on any atom is 0.269 e. The van der Waals surface area contributed by atoms with Crippen molar-refractivity contribution in [3.05, 3.63) is 136 Å². The molecule has 1 aliphatic heterocycles. The molecule has 2 N–H and O–H groups in total. The number of hydrogen-bond acceptors (Lipinski definition) is 6. The minimum Gasteiger partial charge on any atom is -0.508 e. The molecule has 0 radical (unpaired) electrons. The second kappa shape index (κ2) is 11.3. The minimum absolute atomic E-state index is 0.0722. The second-order valence-corrected chi connectivity index (χ2v) is 11.6. The lowest BCUT2D eigenvalue weighted by Crippen LogP contribution is -2.29. The van der Waals surface area contributed by atoms with Gasteiger partial charge in [0.1, 0.15) is 5.75 Å². The predicted octanol–water partition coefficient (Wildman–Crippen LogP) is 7.43. The third kappa shape index (κ3) is 5.22. The molecular formula is C32H27N5O3S2. The monoisotopic (exact) mass is 593 g/mol. The van der Waals surface area contributed by atoms with Gasteiger partial charge < -0.3 is 19.9 Å². The highest BCUT2D eigenvalue weighted by atomic mass is 32.2. The summed E-state index contributed by atoms with van der Waals surface area (Å²) in [5, 5.41) is 25.0. The SMILES string of the molecule is Cc1cc([C@@H]2[C@H](c3ccccn3)NC(=S)N2c2ccc(Sc3ccc([N+](=O)[O-])cc3)cc2)c(C)n1-c1ccc(O)cc1. The lowest BCUT2D eigenvalue weighted by atomic mass is 9.96. The standard InChI is InChI=1S/C32H27N5O3S2/c1-20-19-28(21(2)35(20)22-6-12-25(38)13-7-22)31-30(29-5-3-4-18-33-29)34-32(41)36(31)23-8-14-26(15-9-23)42-27-16-10-24(11-17-27)37(39)40/h3-19,30-31,38H,1-2H3,(H,34,41)/t30-,31+/m0/s1. The van der Waals surface area contributed by atoms with Crippen LogP contribution in [0.4, 0.5) is 11.4 Å². The van der Waals surface area contributed by atoms with Crippen LogP contribution in [0.2, 0.25) is 0 Å². The summed E-state index contributed by atoms with van der Waals surface area (Å²) < 4.78 is 2.19. The van der Waals surface area contributed by atoms with E-state index in [0.717, 1.165) is 43.8 Å². The van der Waals surface area contributed by atoms with Gasteiger partial charge in [0.05, 0.1) is 22.7 Å². The Balaban J connectivity index is 1.37. The Kier molecular flexibility index (Phi) is 7.40. The lowest BCUT2D eigenvalue weighted by Gasteiger charge is -2.28. The Labute approximate surface area is 252 Å². The first-order chi connectivity index (χ1) is 20.3. The average molecular weight is 594 g/mol. The number of benzene rings is 3. The van der Waals surface area contributed by atoms with Gasteiger partial charge in [-0.1, -0.05) is 17.8 Å². The molecule has 1 saturated heterocycles. The number of aryl methyl sites for hydroxylation is 1. The van der Waals surface area contributed by atoms with Crippen LogP contribution >= 0.6 is 24.0 Å². The molecule has 0 spiro atoms. The quantitative estimate of drug-likeness (QED) is 0.114. The number of nitro groups is 1. The Morgan fingerprint density at radius 2 is 1.57 bits per heavy atom. The van der Waals surface area contributed by atoms with Gasteiger partial charge in [-0.05, 0) is 110 Å². The number of non-ortho nitro benzene ring substituents is 1.